The first-order valence-corrected chi connectivity index (χ1v) is 6.18. The summed E-state index contributed by atoms with van der Waals surface area (Å²) in [5.41, 5.74) is 0.604. The quantitative estimate of drug-likeness (QED) is 0.820. The number of piperidine rings is 1. The molecule has 2 aliphatic rings. The van der Waals surface area contributed by atoms with Gasteiger partial charge in [-0.15, -0.1) is 0 Å². The molecule has 88 valence electrons. The number of hydrogen-bond acceptors (Lipinski definition) is 4. The molecule has 1 aromatic rings. The second kappa shape index (κ2) is 4.34. The van der Waals surface area contributed by atoms with Crippen molar-refractivity contribution in [2.24, 2.45) is 11.8 Å². The number of hydrogen-bond donors (Lipinski definition) is 2. The van der Waals surface area contributed by atoms with Crippen molar-refractivity contribution in [3.63, 3.8) is 0 Å². The van der Waals surface area contributed by atoms with Gasteiger partial charge in [0, 0.05) is 18.8 Å². The molecule has 1 aliphatic heterocycles. The van der Waals surface area contributed by atoms with Crippen LogP contribution in [-0.4, -0.2) is 24.1 Å². The summed E-state index contributed by atoms with van der Waals surface area (Å²) in [5, 5.41) is 15.6. The summed E-state index contributed by atoms with van der Waals surface area (Å²) in [6.07, 6.45) is 4.31. The van der Waals surface area contributed by atoms with E-state index in [1.807, 2.05) is 6.07 Å². The number of nitriles is 1. The van der Waals surface area contributed by atoms with Gasteiger partial charge in [0.2, 0.25) is 0 Å². The van der Waals surface area contributed by atoms with Gasteiger partial charge < -0.3 is 10.6 Å². The van der Waals surface area contributed by atoms with Gasteiger partial charge in [-0.1, -0.05) is 0 Å². The monoisotopic (exact) mass is 228 g/mol. The Morgan fingerprint density at radius 2 is 2.35 bits per heavy atom. The van der Waals surface area contributed by atoms with E-state index in [4.69, 9.17) is 5.26 Å². The van der Waals surface area contributed by atoms with Crippen LogP contribution >= 0.6 is 0 Å². The highest BCUT2D eigenvalue weighted by atomic mass is 15.0. The largest absolute Gasteiger partial charge is 0.369 e. The van der Waals surface area contributed by atoms with Crippen LogP contribution in [0.3, 0.4) is 0 Å². The number of pyridine rings is 1. The standard InChI is InChI=1S/C13H16N4/c14-5-9-1-2-13(16-6-9)17-8-12-4-10-3-11(10)7-15-12/h1-2,6,10-12,15H,3-4,7-8H2,(H,16,17)/t10-,11?,12+/m1/s1. The molecule has 1 saturated carbocycles. The lowest BCUT2D eigenvalue weighted by Crippen LogP contribution is -2.40. The highest BCUT2D eigenvalue weighted by Crippen LogP contribution is 2.43. The Balaban J connectivity index is 1.51. The van der Waals surface area contributed by atoms with Crippen LogP contribution in [0.25, 0.3) is 0 Å². The van der Waals surface area contributed by atoms with Gasteiger partial charge in [0.05, 0.1) is 5.56 Å². The number of fused-ring (bicyclic) bond motifs is 1. The SMILES string of the molecule is N#Cc1ccc(NC[C@@H]2C[C@H]3CC3CN2)nc1. The van der Waals surface area contributed by atoms with E-state index in [1.54, 1.807) is 12.3 Å². The Morgan fingerprint density at radius 3 is 3.06 bits per heavy atom. The molecule has 3 rings (SSSR count). The van der Waals surface area contributed by atoms with E-state index in [2.05, 4.69) is 21.7 Å². The van der Waals surface area contributed by atoms with Crippen LogP contribution in [-0.2, 0) is 0 Å². The Hall–Kier alpha value is -1.60. The van der Waals surface area contributed by atoms with Crippen LogP contribution in [0.15, 0.2) is 18.3 Å². The second-order valence-corrected chi connectivity index (χ2v) is 5.02. The molecule has 2 heterocycles. The molecule has 4 heteroatoms. The average molecular weight is 228 g/mol. The second-order valence-electron chi connectivity index (χ2n) is 5.02. The van der Waals surface area contributed by atoms with Gasteiger partial charge in [0.25, 0.3) is 0 Å². The molecule has 1 unspecified atom stereocenters. The van der Waals surface area contributed by atoms with Crippen LogP contribution in [0.5, 0.6) is 0 Å². The molecule has 0 amide bonds. The molecule has 0 radical (unpaired) electrons. The lowest BCUT2D eigenvalue weighted by molar-refractivity contribution is 0.397. The maximum absolute atomic E-state index is 8.68. The summed E-state index contributed by atoms with van der Waals surface area (Å²) in [6, 6.07) is 6.29. The zero-order valence-corrected chi connectivity index (χ0v) is 9.69. The van der Waals surface area contributed by atoms with Crippen molar-refractivity contribution < 1.29 is 0 Å². The minimum Gasteiger partial charge on any atom is -0.369 e. The normalized spacial score (nSPS) is 30.2. The summed E-state index contributed by atoms with van der Waals surface area (Å²) in [5.74, 6) is 2.78. The number of nitrogens with zero attached hydrogens (tertiary/aromatic N) is 2. The van der Waals surface area contributed by atoms with Crippen molar-refractivity contribution in [1.29, 1.82) is 5.26 Å². The molecule has 0 bridgehead atoms. The van der Waals surface area contributed by atoms with Crippen molar-refractivity contribution >= 4 is 5.82 Å². The smallest absolute Gasteiger partial charge is 0.126 e. The minimum atomic E-state index is 0.566. The van der Waals surface area contributed by atoms with E-state index < -0.39 is 0 Å². The van der Waals surface area contributed by atoms with E-state index >= 15 is 0 Å². The highest BCUT2D eigenvalue weighted by Gasteiger charge is 2.41. The van der Waals surface area contributed by atoms with Gasteiger partial charge in [-0.2, -0.15) is 5.26 Å². The first-order valence-electron chi connectivity index (χ1n) is 6.18. The third-order valence-electron chi connectivity index (χ3n) is 3.75. The number of nitrogens with one attached hydrogen (secondary N) is 2. The highest BCUT2D eigenvalue weighted by molar-refractivity contribution is 5.39. The maximum atomic E-state index is 8.68. The van der Waals surface area contributed by atoms with Crippen LogP contribution in [0.1, 0.15) is 18.4 Å². The van der Waals surface area contributed by atoms with Crippen molar-refractivity contribution in [2.45, 2.75) is 18.9 Å². The Labute approximate surface area is 101 Å². The van der Waals surface area contributed by atoms with Gasteiger partial charge in [-0.25, -0.2) is 4.98 Å². The Bertz CT molecular complexity index is 434. The predicted octanol–water partition coefficient (Wildman–Crippen LogP) is 1.36. The fourth-order valence-electron chi connectivity index (χ4n) is 2.56. The minimum absolute atomic E-state index is 0.566. The van der Waals surface area contributed by atoms with Gasteiger partial charge in [-0.3, -0.25) is 0 Å². The van der Waals surface area contributed by atoms with Gasteiger partial charge >= 0.3 is 0 Å². The fraction of sp³-hybridized carbons (Fsp3) is 0.538. The molecular weight excluding hydrogens is 212 g/mol. The lowest BCUT2D eigenvalue weighted by Gasteiger charge is -2.23. The molecule has 1 aliphatic carbocycles. The van der Waals surface area contributed by atoms with Crippen LogP contribution in [0.4, 0.5) is 5.82 Å². The molecule has 2 fully saturated rings. The topological polar surface area (TPSA) is 60.7 Å². The van der Waals surface area contributed by atoms with E-state index in [9.17, 15) is 0 Å². The third-order valence-corrected chi connectivity index (χ3v) is 3.75. The fourth-order valence-corrected chi connectivity index (χ4v) is 2.56. The van der Waals surface area contributed by atoms with E-state index in [0.717, 1.165) is 24.2 Å². The molecule has 17 heavy (non-hydrogen) atoms. The van der Waals surface area contributed by atoms with E-state index in [-0.39, 0.29) is 0 Å². The molecule has 0 aromatic carbocycles. The van der Waals surface area contributed by atoms with Gasteiger partial charge in [0.15, 0.2) is 0 Å². The summed E-state index contributed by atoms with van der Waals surface area (Å²) in [7, 11) is 0. The van der Waals surface area contributed by atoms with Crippen LogP contribution in [0.2, 0.25) is 0 Å². The molecule has 1 saturated heterocycles. The lowest BCUT2D eigenvalue weighted by atomic mass is 10.1. The van der Waals surface area contributed by atoms with Crippen LogP contribution in [0, 0.1) is 23.2 Å². The number of anilines is 1. The number of rotatable bonds is 3. The molecule has 0 spiro atoms. The summed E-state index contributed by atoms with van der Waals surface area (Å²) >= 11 is 0. The summed E-state index contributed by atoms with van der Waals surface area (Å²) in [4.78, 5) is 4.20. The zero-order valence-electron chi connectivity index (χ0n) is 9.69. The van der Waals surface area contributed by atoms with E-state index in [1.165, 1.54) is 19.4 Å². The zero-order chi connectivity index (χ0) is 11.7. The summed E-state index contributed by atoms with van der Waals surface area (Å²) in [6.45, 7) is 2.10. The maximum Gasteiger partial charge on any atom is 0.126 e. The van der Waals surface area contributed by atoms with Crippen LogP contribution < -0.4 is 10.6 Å². The average Bonchev–Trinajstić information content (AvgIpc) is 3.15. The third kappa shape index (κ3) is 2.40. The van der Waals surface area contributed by atoms with Crippen molar-refractivity contribution in [3.05, 3.63) is 23.9 Å². The molecule has 1 aromatic heterocycles. The number of aromatic nitrogens is 1. The molecule has 3 atom stereocenters. The molecule has 4 nitrogen and oxygen atoms in total. The van der Waals surface area contributed by atoms with Crippen molar-refractivity contribution in [3.8, 4) is 6.07 Å². The van der Waals surface area contributed by atoms with Crippen molar-refractivity contribution in [2.75, 3.05) is 18.4 Å². The molecule has 2 N–H and O–H groups in total. The predicted molar refractivity (Wildman–Crippen MR) is 65.4 cm³/mol. The Morgan fingerprint density at radius 1 is 1.41 bits per heavy atom. The van der Waals surface area contributed by atoms with Gasteiger partial charge in [-0.05, 0) is 43.4 Å². The first-order chi connectivity index (χ1) is 8.35. The Kier molecular flexibility index (Phi) is 2.69. The van der Waals surface area contributed by atoms with Crippen molar-refractivity contribution in [1.82, 2.24) is 10.3 Å². The molecular formula is C13H16N4. The first kappa shape index (κ1) is 10.5. The van der Waals surface area contributed by atoms with E-state index in [0.29, 0.717) is 11.6 Å². The van der Waals surface area contributed by atoms with Gasteiger partial charge in [0.1, 0.15) is 11.9 Å². The summed E-state index contributed by atoms with van der Waals surface area (Å²) < 4.78 is 0.